The van der Waals surface area contributed by atoms with Crippen molar-refractivity contribution in [3.05, 3.63) is 57.2 Å². The van der Waals surface area contributed by atoms with Gasteiger partial charge in [0, 0.05) is 11.5 Å². The minimum atomic E-state index is -0.606. The van der Waals surface area contributed by atoms with Crippen LogP contribution in [0.5, 0.6) is 0 Å². The zero-order valence-electron chi connectivity index (χ0n) is 15.9. The molecule has 1 saturated heterocycles. The van der Waals surface area contributed by atoms with Crippen LogP contribution in [0.1, 0.15) is 32.8 Å². The molecule has 0 radical (unpaired) electrons. The number of aliphatic hydroxyl groups is 1. The highest BCUT2D eigenvalue weighted by atomic mass is 127. The number of benzene rings is 1. The van der Waals surface area contributed by atoms with E-state index in [-0.39, 0.29) is 24.5 Å². The van der Waals surface area contributed by atoms with Crippen LogP contribution in [0.3, 0.4) is 0 Å². The number of hydrogen-bond acceptors (Lipinski definition) is 4. The first kappa shape index (κ1) is 21.6. The molecule has 1 heterocycles. The third kappa shape index (κ3) is 5.90. The van der Waals surface area contributed by atoms with Gasteiger partial charge in [0.15, 0.2) is 0 Å². The van der Waals surface area contributed by atoms with Crippen LogP contribution in [-0.2, 0) is 16.0 Å². The van der Waals surface area contributed by atoms with Gasteiger partial charge < -0.3 is 9.84 Å². The zero-order valence-corrected chi connectivity index (χ0v) is 18.0. The fourth-order valence-corrected chi connectivity index (χ4v) is 3.33. The van der Waals surface area contributed by atoms with E-state index in [1.807, 2.05) is 48.3 Å². The van der Waals surface area contributed by atoms with Gasteiger partial charge in [-0.2, -0.15) is 0 Å². The molecule has 1 N–H and O–H groups in total. The van der Waals surface area contributed by atoms with Crippen molar-refractivity contribution in [1.29, 1.82) is 0 Å². The molecule has 146 valence electrons. The van der Waals surface area contributed by atoms with Crippen molar-refractivity contribution in [2.24, 2.45) is 5.92 Å². The normalized spacial score (nSPS) is 20.4. The summed E-state index contributed by atoms with van der Waals surface area (Å²) in [6.45, 7) is 5.70. The third-order valence-electron chi connectivity index (χ3n) is 4.67. The highest BCUT2D eigenvalue weighted by molar-refractivity contribution is 14.1. The molecule has 0 aromatic heterocycles. The predicted octanol–water partition coefficient (Wildman–Crippen LogP) is 4.25. The third-order valence-corrected chi connectivity index (χ3v) is 5.73. The highest BCUT2D eigenvalue weighted by Crippen LogP contribution is 2.22. The van der Waals surface area contributed by atoms with Crippen LogP contribution in [0.15, 0.2) is 51.6 Å². The number of halogens is 1. The summed E-state index contributed by atoms with van der Waals surface area (Å²) in [4.78, 5) is 26.2. The number of nitrogens with zero attached hydrogens (tertiary/aromatic N) is 1. The van der Waals surface area contributed by atoms with Gasteiger partial charge in [-0.05, 0) is 36.3 Å². The van der Waals surface area contributed by atoms with Crippen molar-refractivity contribution in [2.75, 3.05) is 6.61 Å². The van der Waals surface area contributed by atoms with Gasteiger partial charge in [-0.3, -0.25) is 4.79 Å². The minimum absolute atomic E-state index is 0.199. The van der Waals surface area contributed by atoms with Crippen molar-refractivity contribution in [3.8, 4) is 0 Å². The predicted molar refractivity (Wildman–Crippen MR) is 113 cm³/mol. The Morgan fingerprint density at radius 2 is 2.04 bits per heavy atom. The highest BCUT2D eigenvalue weighted by Gasteiger charge is 2.38. The molecule has 0 aliphatic carbocycles. The minimum Gasteiger partial charge on any atom is -0.447 e. The molecule has 2 amide bonds. The van der Waals surface area contributed by atoms with E-state index >= 15 is 0 Å². The van der Waals surface area contributed by atoms with Crippen LogP contribution < -0.4 is 0 Å². The van der Waals surface area contributed by atoms with Crippen molar-refractivity contribution in [2.45, 2.75) is 45.8 Å². The Hall–Kier alpha value is -1.67. The molecule has 0 saturated carbocycles. The second-order valence-electron chi connectivity index (χ2n) is 7.03. The summed E-state index contributed by atoms with van der Waals surface area (Å²) in [7, 11) is 0. The molecule has 5 nitrogen and oxygen atoms in total. The molecule has 0 bridgehead atoms. The first-order valence-corrected chi connectivity index (χ1v) is 10.2. The first-order chi connectivity index (χ1) is 12.8. The summed E-state index contributed by atoms with van der Waals surface area (Å²) in [5, 5.41) is 10.3. The number of carbonyl (C=O) groups excluding carboxylic acids is 2. The van der Waals surface area contributed by atoms with E-state index in [1.165, 1.54) is 4.90 Å². The summed E-state index contributed by atoms with van der Waals surface area (Å²) in [5.41, 5.74) is 2.57. The Morgan fingerprint density at radius 1 is 1.37 bits per heavy atom. The van der Waals surface area contributed by atoms with Crippen LogP contribution in [0.4, 0.5) is 4.79 Å². The van der Waals surface area contributed by atoms with Gasteiger partial charge in [-0.25, -0.2) is 9.69 Å². The number of hydrogen-bond donors (Lipinski definition) is 1. The van der Waals surface area contributed by atoms with Crippen LogP contribution in [0.25, 0.3) is 0 Å². The Morgan fingerprint density at radius 3 is 2.67 bits per heavy atom. The maximum Gasteiger partial charge on any atom is 0.417 e. The molecule has 6 heteroatoms. The summed E-state index contributed by atoms with van der Waals surface area (Å²) in [6, 6.07) is 9.40. The smallest absolute Gasteiger partial charge is 0.417 e. The molecular formula is C21H26INO4. The lowest BCUT2D eigenvalue weighted by Gasteiger charge is -2.21. The number of aliphatic hydroxyl groups excluding tert-OH is 1. The van der Waals surface area contributed by atoms with Gasteiger partial charge in [0.05, 0.1) is 12.1 Å². The van der Waals surface area contributed by atoms with E-state index in [1.54, 1.807) is 13.0 Å². The van der Waals surface area contributed by atoms with Crippen molar-refractivity contribution in [1.82, 2.24) is 4.90 Å². The molecular weight excluding hydrogens is 457 g/mol. The lowest BCUT2D eigenvalue weighted by atomic mass is 9.96. The van der Waals surface area contributed by atoms with Crippen molar-refractivity contribution >= 4 is 34.6 Å². The number of cyclic esters (lactones) is 1. The maximum atomic E-state index is 12.9. The lowest BCUT2D eigenvalue weighted by Crippen LogP contribution is -2.40. The SMILES string of the molecule is C/C(=C\I)C[C@@H](O)[C@H](C)/C=C(\C)C(=O)N1C(=O)OC[C@@H]1Cc1ccccc1. The molecule has 1 aromatic carbocycles. The van der Waals surface area contributed by atoms with Gasteiger partial charge in [0.1, 0.15) is 6.61 Å². The first-order valence-electron chi connectivity index (χ1n) is 9.00. The molecule has 1 aromatic rings. The van der Waals surface area contributed by atoms with E-state index in [2.05, 4.69) is 22.6 Å². The van der Waals surface area contributed by atoms with Gasteiger partial charge >= 0.3 is 6.09 Å². The van der Waals surface area contributed by atoms with Crippen LogP contribution in [0, 0.1) is 5.92 Å². The number of carbonyl (C=O) groups is 2. The molecule has 1 aliphatic heterocycles. The second-order valence-corrected chi connectivity index (χ2v) is 7.65. The lowest BCUT2D eigenvalue weighted by molar-refractivity contribution is -0.125. The fraction of sp³-hybridized carbons (Fsp3) is 0.429. The van der Waals surface area contributed by atoms with E-state index in [0.717, 1.165) is 11.1 Å². The average molecular weight is 483 g/mol. The molecule has 0 unspecified atom stereocenters. The van der Waals surface area contributed by atoms with Crippen molar-refractivity contribution in [3.63, 3.8) is 0 Å². The van der Waals surface area contributed by atoms with Gasteiger partial charge in [-0.15, -0.1) is 0 Å². The fourth-order valence-electron chi connectivity index (χ4n) is 3.07. The maximum absolute atomic E-state index is 12.9. The monoisotopic (exact) mass is 483 g/mol. The van der Waals surface area contributed by atoms with Gasteiger partial charge in [-0.1, -0.05) is 71.5 Å². The topological polar surface area (TPSA) is 66.8 Å². The number of imide groups is 1. The largest absolute Gasteiger partial charge is 0.447 e. The van der Waals surface area contributed by atoms with E-state index in [9.17, 15) is 14.7 Å². The quantitative estimate of drug-likeness (QED) is 0.465. The number of amides is 2. The number of ether oxygens (including phenoxy) is 1. The van der Waals surface area contributed by atoms with E-state index in [4.69, 9.17) is 4.74 Å². The molecule has 3 atom stereocenters. The standard InChI is InChI=1S/C21H26INO4/c1-14(12-22)9-19(24)15(2)10-16(3)20(25)23-18(13-27-21(23)26)11-17-7-5-4-6-8-17/h4-8,10,12,15,18-19,24H,9,11,13H2,1-3H3/b14-12+,16-10+/t15-,18+,19-/m1/s1. The Labute approximate surface area is 174 Å². The average Bonchev–Trinajstić information content (AvgIpc) is 3.01. The molecule has 1 fully saturated rings. The zero-order chi connectivity index (χ0) is 20.0. The Kier molecular flexibility index (Phi) is 8.04. The van der Waals surface area contributed by atoms with Gasteiger partial charge in [0.25, 0.3) is 5.91 Å². The van der Waals surface area contributed by atoms with E-state index in [0.29, 0.717) is 18.4 Å². The van der Waals surface area contributed by atoms with Crippen LogP contribution >= 0.6 is 22.6 Å². The number of rotatable bonds is 7. The summed E-state index contributed by atoms with van der Waals surface area (Å²) in [6.07, 6.45) is 1.65. The van der Waals surface area contributed by atoms with Crippen molar-refractivity contribution < 1.29 is 19.4 Å². The summed E-state index contributed by atoms with van der Waals surface area (Å²) in [5.74, 6) is -0.565. The molecule has 2 rings (SSSR count). The summed E-state index contributed by atoms with van der Waals surface area (Å²) < 4.78 is 7.06. The Balaban J connectivity index is 2.09. The van der Waals surface area contributed by atoms with E-state index < -0.39 is 12.2 Å². The molecule has 27 heavy (non-hydrogen) atoms. The van der Waals surface area contributed by atoms with Crippen LogP contribution in [-0.4, -0.2) is 40.8 Å². The second kappa shape index (κ2) is 10.0. The van der Waals surface area contributed by atoms with Gasteiger partial charge in [0.2, 0.25) is 0 Å². The molecule has 0 spiro atoms. The Bertz CT molecular complexity index is 729. The van der Waals surface area contributed by atoms with Crippen LogP contribution in [0.2, 0.25) is 0 Å². The molecule has 1 aliphatic rings. The summed E-state index contributed by atoms with van der Waals surface area (Å²) >= 11 is 2.14.